The SMILES string of the molecule is C[C@@H](Oc1cc2c(cc1Cl)N(CCC(=O)O)C(=O)CO2)c1ccccn1.NC(CO)(CO)CO. The van der Waals surface area contributed by atoms with Gasteiger partial charge in [0.15, 0.2) is 6.61 Å². The van der Waals surface area contributed by atoms with Gasteiger partial charge in [-0.25, -0.2) is 0 Å². The molecule has 3 rings (SSSR count). The number of hydrogen-bond donors (Lipinski definition) is 5. The third kappa shape index (κ3) is 7.27. The van der Waals surface area contributed by atoms with Crippen molar-refractivity contribution >= 4 is 29.2 Å². The summed E-state index contributed by atoms with van der Waals surface area (Å²) in [5.74, 6) is -0.481. The van der Waals surface area contributed by atoms with Gasteiger partial charge in [0.25, 0.3) is 5.91 Å². The fourth-order valence-corrected chi connectivity index (χ4v) is 2.97. The molecule has 1 aromatic heterocycles. The first-order valence-electron chi connectivity index (χ1n) is 10.3. The van der Waals surface area contributed by atoms with E-state index in [1.54, 1.807) is 18.3 Å². The highest BCUT2D eigenvalue weighted by Gasteiger charge is 2.28. The third-order valence-corrected chi connectivity index (χ3v) is 5.15. The lowest BCUT2D eigenvalue weighted by atomic mass is 10.1. The molecule has 0 spiro atoms. The molecule has 34 heavy (non-hydrogen) atoms. The molecule has 0 saturated carbocycles. The number of amides is 1. The molecule has 1 aliphatic heterocycles. The highest BCUT2D eigenvalue weighted by molar-refractivity contribution is 6.32. The number of carboxylic acid groups (broad SMARTS) is 1. The number of benzene rings is 1. The van der Waals surface area contributed by atoms with E-state index in [2.05, 4.69) is 4.98 Å². The lowest BCUT2D eigenvalue weighted by Gasteiger charge is -2.30. The number of aromatic nitrogens is 1. The second kappa shape index (κ2) is 12.5. The number of ether oxygens (including phenoxy) is 2. The first-order chi connectivity index (χ1) is 16.1. The van der Waals surface area contributed by atoms with Gasteiger partial charge in [-0.3, -0.25) is 14.6 Å². The number of fused-ring (bicyclic) bond motifs is 1. The highest BCUT2D eigenvalue weighted by Crippen LogP contribution is 2.41. The van der Waals surface area contributed by atoms with E-state index in [0.29, 0.717) is 22.2 Å². The molecule has 0 unspecified atom stereocenters. The standard InChI is InChI=1S/C18H17ClN2O5.C4H11NO3/c1-11(13-4-2-3-6-20-13)26-15-9-16-14(8-12(15)19)21(7-5-18(23)24)17(22)10-25-16;5-4(1-6,2-7)3-8/h2-4,6,8-9,11H,5,7,10H2,1H3,(H,23,24);6-8H,1-3,5H2/t11-;/m1./s1. The van der Waals surface area contributed by atoms with Crippen LogP contribution in [-0.2, 0) is 9.59 Å². The molecule has 12 heteroatoms. The Balaban J connectivity index is 0.000000440. The molecule has 2 aromatic rings. The van der Waals surface area contributed by atoms with Gasteiger partial charge in [-0.2, -0.15) is 0 Å². The Bertz CT molecular complexity index is 964. The molecule has 0 bridgehead atoms. The van der Waals surface area contributed by atoms with Crippen LogP contribution in [0.5, 0.6) is 11.5 Å². The van der Waals surface area contributed by atoms with Crippen LogP contribution in [0.25, 0.3) is 0 Å². The first kappa shape index (κ1) is 27.3. The molecule has 2 heterocycles. The zero-order valence-electron chi connectivity index (χ0n) is 18.6. The summed E-state index contributed by atoms with van der Waals surface area (Å²) in [5, 5.41) is 34.2. The maximum absolute atomic E-state index is 12.1. The molecule has 0 aliphatic carbocycles. The lowest BCUT2D eigenvalue weighted by Crippen LogP contribution is -2.50. The number of carbonyl (C=O) groups is 2. The monoisotopic (exact) mass is 497 g/mol. The number of hydrogen-bond acceptors (Lipinski definition) is 9. The van der Waals surface area contributed by atoms with Gasteiger partial charge in [-0.05, 0) is 25.1 Å². The van der Waals surface area contributed by atoms with Crippen molar-refractivity contribution < 1.29 is 39.5 Å². The van der Waals surface area contributed by atoms with Crippen molar-refractivity contribution in [1.29, 1.82) is 0 Å². The zero-order chi connectivity index (χ0) is 25.3. The average molecular weight is 498 g/mol. The van der Waals surface area contributed by atoms with E-state index in [1.165, 1.54) is 4.90 Å². The van der Waals surface area contributed by atoms with Gasteiger partial charge in [0.1, 0.15) is 17.6 Å². The van der Waals surface area contributed by atoms with Gasteiger partial charge in [-0.15, -0.1) is 0 Å². The third-order valence-electron chi connectivity index (χ3n) is 4.86. The molecule has 0 saturated heterocycles. The Kier molecular flexibility index (Phi) is 10.0. The number of carboxylic acids is 1. The summed E-state index contributed by atoms with van der Waals surface area (Å²) in [6, 6.07) is 8.69. The lowest BCUT2D eigenvalue weighted by molar-refractivity contribution is -0.136. The van der Waals surface area contributed by atoms with E-state index in [4.69, 9.17) is 47.2 Å². The Labute approximate surface area is 201 Å². The number of anilines is 1. The predicted octanol–water partition coefficient (Wildman–Crippen LogP) is 0.736. The van der Waals surface area contributed by atoms with Crippen LogP contribution in [0.15, 0.2) is 36.5 Å². The summed E-state index contributed by atoms with van der Waals surface area (Å²) in [7, 11) is 0. The quantitative estimate of drug-likeness (QED) is 0.332. The van der Waals surface area contributed by atoms with Crippen LogP contribution in [0.4, 0.5) is 5.69 Å². The number of nitrogens with two attached hydrogens (primary N) is 1. The van der Waals surface area contributed by atoms with Crippen molar-refractivity contribution in [3.05, 3.63) is 47.2 Å². The van der Waals surface area contributed by atoms with Crippen LogP contribution >= 0.6 is 11.6 Å². The molecular weight excluding hydrogens is 470 g/mol. The summed E-state index contributed by atoms with van der Waals surface area (Å²) < 4.78 is 11.3. The molecule has 186 valence electrons. The molecular formula is C22H28ClN3O8. The second-order valence-electron chi connectivity index (χ2n) is 7.58. The summed E-state index contributed by atoms with van der Waals surface area (Å²) >= 11 is 6.31. The second-order valence-corrected chi connectivity index (χ2v) is 7.99. The molecule has 1 amide bonds. The molecule has 1 atom stereocenters. The van der Waals surface area contributed by atoms with Crippen LogP contribution in [0.2, 0.25) is 5.02 Å². The van der Waals surface area contributed by atoms with Gasteiger partial charge in [-0.1, -0.05) is 17.7 Å². The van der Waals surface area contributed by atoms with E-state index < -0.39 is 31.3 Å². The maximum Gasteiger partial charge on any atom is 0.305 e. The molecule has 11 nitrogen and oxygen atoms in total. The van der Waals surface area contributed by atoms with Crippen LogP contribution < -0.4 is 20.1 Å². The molecule has 1 aliphatic rings. The Morgan fingerprint density at radius 1 is 1.29 bits per heavy atom. The normalized spacial score (nSPS) is 13.8. The minimum atomic E-state index is -1.21. The smallest absolute Gasteiger partial charge is 0.305 e. The van der Waals surface area contributed by atoms with Crippen molar-refractivity contribution in [3.63, 3.8) is 0 Å². The van der Waals surface area contributed by atoms with Gasteiger partial charge in [0.05, 0.1) is 48.2 Å². The fraction of sp³-hybridized carbons (Fsp3) is 0.409. The minimum absolute atomic E-state index is 0.0470. The van der Waals surface area contributed by atoms with Gasteiger partial charge >= 0.3 is 5.97 Å². The Morgan fingerprint density at radius 3 is 2.50 bits per heavy atom. The van der Waals surface area contributed by atoms with E-state index in [9.17, 15) is 9.59 Å². The number of aliphatic carboxylic acids is 1. The van der Waals surface area contributed by atoms with Crippen molar-refractivity contribution in [2.24, 2.45) is 5.73 Å². The van der Waals surface area contributed by atoms with E-state index in [0.717, 1.165) is 5.69 Å². The van der Waals surface area contributed by atoms with E-state index in [1.807, 2.05) is 25.1 Å². The van der Waals surface area contributed by atoms with Crippen molar-refractivity contribution in [1.82, 2.24) is 4.98 Å². The van der Waals surface area contributed by atoms with Crippen LogP contribution in [-0.4, -0.2) is 75.8 Å². The van der Waals surface area contributed by atoms with Crippen molar-refractivity contribution in [2.75, 3.05) is 37.9 Å². The summed E-state index contributed by atoms with van der Waals surface area (Å²) in [6.07, 6.45) is 1.18. The largest absolute Gasteiger partial charge is 0.483 e. The van der Waals surface area contributed by atoms with Crippen molar-refractivity contribution in [2.45, 2.75) is 25.0 Å². The zero-order valence-corrected chi connectivity index (χ0v) is 19.3. The predicted molar refractivity (Wildman–Crippen MR) is 123 cm³/mol. The minimum Gasteiger partial charge on any atom is -0.483 e. The van der Waals surface area contributed by atoms with E-state index in [-0.39, 0.29) is 31.6 Å². The van der Waals surface area contributed by atoms with Crippen LogP contribution in [0, 0.1) is 0 Å². The van der Waals surface area contributed by atoms with Crippen LogP contribution in [0.1, 0.15) is 25.1 Å². The maximum atomic E-state index is 12.1. The molecule has 6 N–H and O–H groups in total. The summed E-state index contributed by atoms with van der Waals surface area (Å²) in [4.78, 5) is 28.5. The topological polar surface area (TPSA) is 176 Å². The highest BCUT2D eigenvalue weighted by atomic mass is 35.5. The molecule has 1 aromatic carbocycles. The number of halogens is 1. The number of aliphatic hydroxyl groups is 3. The average Bonchev–Trinajstić information content (AvgIpc) is 2.84. The van der Waals surface area contributed by atoms with Crippen molar-refractivity contribution in [3.8, 4) is 11.5 Å². The molecule has 0 fully saturated rings. The Hall–Kier alpha value is -2.96. The number of carbonyl (C=O) groups excluding carboxylic acids is 1. The van der Waals surface area contributed by atoms with E-state index >= 15 is 0 Å². The van der Waals surface area contributed by atoms with Gasteiger partial charge < -0.3 is 40.5 Å². The first-order valence-corrected chi connectivity index (χ1v) is 10.7. The number of rotatable bonds is 9. The summed E-state index contributed by atoms with van der Waals surface area (Å²) in [5.41, 5.74) is 5.12. The Morgan fingerprint density at radius 2 is 1.97 bits per heavy atom. The number of aliphatic hydroxyl groups excluding tert-OH is 3. The van der Waals surface area contributed by atoms with Gasteiger partial charge in [0.2, 0.25) is 0 Å². The summed E-state index contributed by atoms with van der Waals surface area (Å²) in [6.45, 7) is 0.524. The molecule has 0 radical (unpaired) electrons. The van der Waals surface area contributed by atoms with Gasteiger partial charge in [0, 0.05) is 18.8 Å². The number of nitrogens with zero attached hydrogens (tertiary/aromatic N) is 2. The number of pyridine rings is 1. The fourth-order valence-electron chi connectivity index (χ4n) is 2.76. The van der Waals surface area contributed by atoms with Crippen LogP contribution in [0.3, 0.4) is 0 Å².